The molecule has 2 rings (SSSR count). The van der Waals surface area contributed by atoms with Gasteiger partial charge in [-0.25, -0.2) is 4.39 Å². The molecule has 1 heterocycles. The van der Waals surface area contributed by atoms with Gasteiger partial charge >= 0.3 is 0 Å². The molecule has 1 atom stereocenters. The Labute approximate surface area is 142 Å². The number of nitrogens with one attached hydrogen (secondary N) is 1. The van der Waals surface area contributed by atoms with Gasteiger partial charge in [0.1, 0.15) is 5.82 Å². The van der Waals surface area contributed by atoms with Gasteiger partial charge in [-0.05, 0) is 59.6 Å². The van der Waals surface area contributed by atoms with Gasteiger partial charge in [0.2, 0.25) is 0 Å². The lowest BCUT2D eigenvalue weighted by molar-refractivity contribution is 0.550. The molecule has 5 heteroatoms. The largest absolute Gasteiger partial charge is 0.306 e. The summed E-state index contributed by atoms with van der Waals surface area (Å²) in [4.78, 5) is 2.43. The van der Waals surface area contributed by atoms with E-state index in [2.05, 4.69) is 47.2 Å². The van der Waals surface area contributed by atoms with Crippen molar-refractivity contribution >= 4 is 38.9 Å². The van der Waals surface area contributed by atoms with Crippen LogP contribution in [0.15, 0.2) is 28.7 Å². The minimum atomic E-state index is -0.244. The van der Waals surface area contributed by atoms with Crippen LogP contribution in [-0.2, 0) is 6.42 Å². The minimum Gasteiger partial charge on any atom is -0.306 e. The van der Waals surface area contributed by atoms with Crippen LogP contribution in [-0.4, -0.2) is 6.54 Å². The van der Waals surface area contributed by atoms with Crippen LogP contribution in [0.3, 0.4) is 0 Å². The third kappa shape index (κ3) is 4.07. The molecule has 0 aliphatic rings. The van der Waals surface area contributed by atoms with Gasteiger partial charge in [0.15, 0.2) is 0 Å². The number of thiophene rings is 1. The molecule has 1 aromatic heterocycles. The Morgan fingerprint density at radius 1 is 1.33 bits per heavy atom. The zero-order valence-corrected chi connectivity index (χ0v) is 15.2. The second-order valence-corrected chi connectivity index (χ2v) is 7.29. The Hall–Kier alpha value is -0.420. The third-order valence-corrected chi connectivity index (χ3v) is 5.76. The number of benzene rings is 1. The highest BCUT2D eigenvalue weighted by Crippen LogP contribution is 2.34. The van der Waals surface area contributed by atoms with Gasteiger partial charge in [-0.3, -0.25) is 0 Å². The fourth-order valence-corrected chi connectivity index (χ4v) is 3.69. The molecule has 21 heavy (non-hydrogen) atoms. The standard InChI is InChI=1S/C16H18BrClFNS/c1-3-7-20-16(15-6-5-10(4-2)21-15)11-8-13(18)12(17)9-14(11)19/h5-6,8-9,16,20H,3-4,7H2,1-2H3. The van der Waals surface area contributed by atoms with Crippen molar-refractivity contribution in [2.45, 2.75) is 32.7 Å². The van der Waals surface area contributed by atoms with Gasteiger partial charge in [-0.15, -0.1) is 11.3 Å². The van der Waals surface area contributed by atoms with Gasteiger partial charge in [-0.2, -0.15) is 0 Å². The molecule has 0 amide bonds. The molecule has 2 aromatic rings. The van der Waals surface area contributed by atoms with Crippen LogP contribution in [0, 0.1) is 5.82 Å². The molecule has 0 saturated carbocycles. The third-order valence-electron chi connectivity index (χ3n) is 3.26. The van der Waals surface area contributed by atoms with E-state index in [0.29, 0.717) is 15.1 Å². The summed E-state index contributed by atoms with van der Waals surface area (Å²) < 4.78 is 14.9. The lowest BCUT2D eigenvalue weighted by Gasteiger charge is -2.19. The second kappa shape index (κ2) is 7.73. The maximum atomic E-state index is 14.4. The van der Waals surface area contributed by atoms with E-state index in [4.69, 9.17) is 11.6 Å². The fraction of sp³-hybridized carbons (Fsp3) is 0.375. The molecule has 0 aliphatic heterocycles. The van der Waals surface area contributed by atoms with Crippen molar-refractivity contribution in [2.75, 3.05) is 6.54 Å². The smallest absolute Gasteiger partial charge is 0.129 e. The Morgan fingerprint density at radius 3 is 2.71 bits per heavy atom. The number of rotatable bonds is 6. The first-order valence-corrected chi connectivity index (χ1v) is 9.02. The molecule has 1 nitrogen and oxygen atoms in total. The van der Waals surface area contributed by atoms with Crippen molar-refractivity contribution in [1.82, 2.24) is 5.32 Å². The molecule has 0 radical (unpaired) electrons. The molecule has 0 saturated heterocycles. The van der Waals surface area contributed by atoms with Gasteiger partial charge in [0, 0.05) is 19.8 Å². The van der Waals surface area contributed by atoms with Crippen LogP contribution in [0.1, 0.15) is 41.6 Å². The molecule has 0 bridgehead atoms. The van der Waals surface area contributed by atoms with Crippen molar-refractivity contribution in [1.29, 1.82) is 0 Å². The Morgan fingerprint density at radius 2 is 2.10 bits per heavy atom. The Kier molecular flexibility index (Phi) is 6.23. The van der Waals surface area contributed by atoms with E-state index in [9.17, 15) is 4.39 Å². The topological polar surface area (TPSA) is 12.0 Å². The summed E-state index contributed by atoms with van der Waals surface area (Å²) in [7, 11) is 0. The van der Waals surface area contributed by atoms with Crippen molar-refractivity contribution < 1.29 is 4.39 Å². The Bertz CT molecular complexity index is 614. The quantitative estimate of drug-likeness (QED) is 0.600. The lowest BCUT2D eigenvalue weighted by atomic mass is 10.0. The van der Waals surface area contributed by atoms with Crippen LogP contribution in [0.5, 0.6) is 0 Å². The van der Waals surface area contributed by atoms with E-state index in [1.807, 2.05) is 0 Å². The summed E-state index contributed by atoms with van der Waals surface area (Å²) in [6.07, 6.45) is 1.99. The van der Waals surface area contributed by atoms with Gasteiger partial charge in [0.05, 0.1) is 11.1 Å². The summed E-state index contributed by atoms with van der Waals surface area (Å²) in [6.45, 7) is 5.05. The fourth-order valence-electron chi connectivity index (χ4n) is 2.15. The van der Waals surface area contributed by atoms with Crippen molar-refractivity contribution in [2.24, 2.45) is 0 Å². The molecular weight excluding hydrogens is 373 g/mol. The molecule has 0 fully saturated rings. The van der Waals surface area contributed by atoms with Crippen molar-refractivity contribution in [3.05, 3.63) is 54.9 Å². The Balaban J connectivity index is 2.42. The highest BCUT2D eigenvalue weighted by Gasteiger charge is 2.20. The average molecular weight is 391 g/mol. The average Bonchev–Trinajstić information content (AvgIpc) is 2.93. The van der Waals surface area contributed by atoms with E-state index in [0.717, 1.165) is 24.3 Å². The molecule has 0 aliphatic carbocycles. The maximum absolute atomic E-state index is 14.4. The summed E-state index contributed by atoms with van der Waals surface area (Å²) in [5.74, 6) is -0.244. The van der Waals surface area contributed by atoms with Crippen LogP contribution in [0.25, 0.3) is 0 Å². The normalized spacial score (nSPS) is 12.6. The SMILES string of the molecule is CCCNC(c1ccc(CC)s1)c1cc(Cl)c(Br)cc1F. The first kappa shape index (κ1) is 16.9. The summed E-state index contributed by atoms with van der Waals surface area (Å²) >= 11 is 11.1. The van der Waals surface area contributed by atoms with E-state index < -0.39 is 0 Å². The van der Waals surface area contributed by atoms with Gasteiger partial charge < -0.3 is 5.32 Å². The summed E-state index contributed by atoms with van der Waals surface area (Å²) in [6, 6.07) is 7.18. The van der Waals surface area contributed by atoms with Crippen molar-refractivity contribution in [3.63, 3.8) is 0 Å². The van der Waals surface area contributed by atoms with Crippen LogP contribution in [0.2, 0.25) is 5.02 Å². The molecular formula is C16H18BrClFNS. The summed E-state index contributed by atoms with van der Waals surface area (Å²) in [5.41, 5.74) is 0.598. The van der Waals surface area contributed by atoms with Gasteiger partial charge in [-0.1, -0.05) is 25.4 Å². The predicted octanol–water partition coefficient (Wildman–Crippen LogP) is 5.95. The highest BCUT2D eigenvalue weighted by atomic mass is 79.9. The molecule has 1 aromatic carbocycles. The molecule has 1 N–H and O–H groups in total. The van der Waals surface area contributed by atoms with Gasteiger partial charge in [0.25, 0.3) is 0 Å². The van der Waals surface area contributed by atoms with Crippen molar-refractivity contribution in [3.8, 4) is 0 Å². The lowest BCUT2D eigenvalue weighted by Crippen LogP contribution is -2.23. The second-order valence-electron chi connectivity index (χ2n) is 4.83. The van der Waals surface area contributed by atoms with Crippen LogP contribution >= 0.6 is 38.9 Å². The maximum Gasteiger partial charge on any atom is 0.129 e. The van der Waals surface area contributed by atoms with E-state index in [-0.39, 0.29) is 11.9 Å². The zero-order chi connectivity index (χ0) is 15.4. The van der Waals surface area contributed by atoms with Crippen LogP contribution < -0.4 is 5.32 Å². The number of hydrogen-bond acceptors (Lipinski definition) is 2. The van der Waals surface area contributed by atoms with E-state index in [1.165, 1.54) is 10.9 Å². The number of halogens is 3. The zero-order valence-electron chi connectivity index (χ0n) is 12.1. The van der Waals surface area contributed by atoms with E-state index >= 15 is 0 Å². The first-order valence-electron chi connectivity index (χ1n) is 7.03. The van der Waals surface area contributed by atoms with E-state index in [1.54, 1.807) is 17.4 Å². The monoisotopic (exact) mass is 389 g/mol. The number of hydrogen-bond donors (Lipinski definition) is 1. The molecule has 0 spiro atoms. The predicted molar refractivity (Wildman–Crippen MR) is 92.9 cm³/mol. The molecule has 1 unspecified atom stereocenters. The summed E-state index contributed by atoms with van der Waals surface area (Å²) in [5, 5.41) is 3.95. The highest BCUT2D eigenvalue weighted by molar-refractivity contribution is 9.10. The molecule has 114 valence electrons. The minimum absolute atomic E-state index is 0.152. The van der Waals surface area contributed by atoms with Crippen LogP contribution in [0.4, 0.5) is 4.39 Å². The number of aryl methyl sites for hydroxylation is 1. The first-order chi connectivity index (χ1) is 10.1.